The fourth-order valence-corrected chi connectivity index (χ4v) is 3.07. The van der Waals surface area contributed by atoms with Crippen LogP contribution in [0.4, 0.5) is 5.69 Å². The van der Waals surface area contributed by atoms with Gasteiger partial charge in [-0.25, -0.2) is 0 Å². The first-order valence-electron chi connectivity index (χ1n) is 7.67. The Kier molecular flexibility index (Phi) is 4.57. The maximum absolute atomic E-state index is 11.2. The fraction of sp³-hybridized carbons (Fsp3) is 0.105. The first kappa shape index (κ1) is 17.1. The van der Waals surface area contributed by atoms with Gasteiger partial charge in [0.2, 0.25) is 0 Å². The maximum Gasteiger partial charge on any atom is 0.294 e. The van der Waals surface area contributed by atoms with Crippen LogP contribution in [0, 0.1) is 0 Å². The second kappa shape index (κ2) is 6.66. The van der Waals surface area contributed by atoms with Crippen molar-refractivity contribution < 1.29 is 13.0 Å². The van der Waals surface area contributed by atoms with E-state index in [9.17, 15) is 8.42 Å². The third kappa shape index (κ3) is 3.70. The molecule has 128 valence electrons. The number of rotatable bonds is 4. The van der Waals surface area contributed by atoms with Crippen LogP contribution in [0.3, 0.4) is 0 Å². The van der Waals surface area contributed by atoms with E-state index in [1.807, 2.05) is 55.4 Å². The third-order valence-corrected chi connectivity index (χ3v) is 4.80. The van der Waals surface area contributed by atoms with Gasteiger partial charge >= 0.3 is 0 Å². The van der Waals surface area contributed by atoms with Crippen molar-refractivity contribution in [2.75, 3.05) is 19.0 Å². The number of nitrogens with zero attached hydrogens (tertiary/aromatic N) is 2. The third-order valence-electron chi connectivity index (χ3n) is 3.93. The molecule has 1 heterocycles. The van der Waals surface area contributed by atoms with Crippen LogP contribution in [0.5, 0.6) is 0 Å². The number of pyridine rings is 1. The minimum absolute atomic E-state index is 0.135. The largest absolute Gasteiger partial charge is 0.378 e. The van der Waals surface area contributed by atoms with Gasteiger partial charge in [0, 0.05) is 37.1 Å². The molecule has 25 heavy (non-hydrogen) atoms. The quantitative estimate of drug-likeness (QED) is 0.723. The molecule has 0 radical (unpaired) electrons. The summed E-state index contributed by atoms with van der Waals surface area (Å²) in [6.45, 7) is 0. The molecule has 6 heteroatoms. The lowest BCUT2D eigenvalue weighted by atomic mass is 9.99. The molecule has 0 saturated heterocycles. The van der Waals surface area contributed by atoms with Gasteiger partial charge in [0.1, 0.15) is 0 Å². The van der Waals surface area contributed by atoms with E-state index >= 15 is 0 Å². The van der Waals surface area contributed by atoms with Crippen molar-refractivity contribution in [3.63, 3.8) is 0 Å². The molecule has 1 N–H and O–H groups in total. The minimum Gasteiger partial charge on any atom is -0.378 e. The summed E-state index contributed by atoms with van der Waals surface area (Å²) in [5.41, 5.74) is 4.60. The highest BCUT2D eigenvalue weighted by atomic mass is 32.2. The van der Waals surface area contributed by atoms with Crippen LogP contribution in [0.15, 0.2) is 71.8 Å². The Hall–Kier alpha value is -2.70. The molecule has 0 amide bonds. The predicted octanol–water partition coefficient (Wildman–Crippen LogP) is 3.73. The average molecular weight is 354 g/mol. The molecule has 0 saturated carbocycles. The molecule has 0 aliphatic carbocycles. The Morgan fingerprint density at radius 1 is 0.880 bits per heavy atom. The normalized spacial score (nSPS) is 11.3. The molecule has 0 aliphatic heterocycles. The Balaban J connectivity index is 2.04. The molecule has 3 rings (SSSR count). The van der Waals surface area contributed by atoms with E-state index in [1.54, 1.807) is 18.3 Å². The zero-order chi connectivity index (χ0) is 18.0. The summed E-state index contributed by atoms with van der Waals surface area (Å²) in [6.07, 6.45) is 1.70. The lowest BCUT2D eigenvalue weighted by molar-refractivity contribution is 0.483. The van der Waals surface area contributed by atoms with E-state index in [-0.39, 0.29) is 4.90 Å². The molecule has 0 unspecified atom stereocenters. The van der Waals surface area contributed by atoms with Crippen LogP contribution < -0.4 is 4.90 Å². The lowest BCUT2D eigenvalue weighted by Gasteiger charge is -2.14. The maximum atomic E-state index is 11.2. The smallest absolute Gasteiger partial charge is 0.294 e. The second-order valence-electron chi connectivity index (χ2n) is 5.84. The van der Waals surface area contributed by atoms with Gasteiger partial charge in [-0.2, -0.15) is 8.42 Å². The first-order valence-corrected chi connectivity index (χ1v) is 9.11. The summed E-state index contributed by atoms with van der Waals surface area (Å²) >= 11 is 0. The SMILES string of the molecule is CN(C)c1ccc(-c2cccnc2-c2ccc(S(=O)(=O)O)cc2)cc1. The fourth-order valence-electron chi connectivity index (χ4n) is 2.59. The number of hydrogen-bond acceptors (Lipinski definition) is 4. The van der Waals surface area contributed by atoms with E-state index < -0.39 is 10.1 Å². The summed E-state index contributed by atoms with van der Waals surface area (Å²) in [7, 11) is -0.227. The Morgan fingerprint density at radius 2 is 1.48 bits per heavy atom. The molecule has 5 nitrogen and oxygen atoms in total. The molecule has 0 spiro atoms. The van der Waals surface area contributed by atoms with Crippen molar-refractivity contribution in [2.24, 2.45) is 0 Å². The molecule has 0 aliphatic rings. The van der Waals surface area contributed by atoms with Gasteiger partial charge < -0.3 is 4.90 Å². The molecule has 0 bridgehead atoms. The Bertz CT molecular complexity index is 980. The Morgan fingerprint density at radius 3 is 2.04 bits per heavy atom. The number of aromatic nitrogens is 1. The zero-order valence-corrected chi connectivity index (χ0v) is 14.7. The summed E-state index contributed by atoms with van der Waals surface area (Å²) in [5.74, 6) is 0. The van der Waals surface area contributed by atoms with Crippen LogP contribution in [-0.4, -0.2) is 32.0 Å². The second-order valence-corrected chi connectivity index (χ2v) is 7.26. The summed E-state index contributed by atoms with van der Waals surface area (Å²) < 4.78 is 31.5. The van der Waals surface area contributed by atoms with Gasteiger partial charge in [0.05, 0.1) is 10.6 Å². The topological polar surface area (TPSA) is 70.5 Å². The predicted molar refractivity (Wildman–Crippen MR) is 99.3 cm³/mol. The molecule has 0 fully saturated rings. The monoisotopic (exact) mass is 354 g/mol. The van der Waals surface area contributed by atoms with Crippen LogP contribution in [0.1, 0.15) is 0 Å². The Labute approximate surface area is 147 Å². The molecule has 1 aromatic heterocycles. The number of benzene rings is 2. The molecular formula is C19H18N2O3S. The van der Waals surface area contributed by atoms with Crippen molar-refractivity contribution in [1.29, 1.82) is 0 Å². The van der Waals surface area contributed by atoms with Crippen LogP contribution in [0.2, 0.25) is 0 Å². The average Bonchev–Trinajstić information content (AvgIpc) is 2.61. The van der Waals surface area contributed by atoms with E-state index in [0.717, 1.165) is 28.1 Å². The molecule has 3 aromatic rings. The van der Waals surface area contributed by atoms with Crippen molar-refractivity contribution in [3.8, 4) is 22.4 Å². The van der Waals surface area contributed by atoms with E-state index in [0.29, 0.717) is 0 Å². The summed E-state index contributed by atoms with van der Waals surface area (Å²) in [6, 6.07) is 18.0. The van der Waals surface area contributed by atoms with Gasteiger partial charge in [-0.05, 0) is 35.9 Å². The highest BCUT2D eigenvalue weighted by Crippen LogP contribution is 2.31. The van der Waals surface area contributed by atoms with Crippen LogP contribution >= 0.6 is 0 Å². The number of anilines is 1. The number of hydrogen-bond donors (Lipinski definition) is 1. The van der Waals surface area contributed by atoms with Crippen molar-refractivity contribution in [3.05, 3.63) is 66.9 Å². The van der Waals surface area contributed by atoms with E-state index in [1.165, 1.54) is 12.1 Å². The highest BCUT2D eigenvalue weighted by Gasteiger charge is 2.12. The summed E-state index contributed by atoms with van der Waals surface area (Å²) in [5, 5.41) is 0. The van der Waals surface area contributed by atoms with Crippen LogP contribution in [-0.2, 0) is 10.1 Å². The molecule has 0 atom stereocenters. The van der Waals surface area contributed by atoms with Gasteiger partial charge in [-0.15, -0.1) is 0 Å². The van der Waals surface area contributed by atoms with E-state index in [2.05, 4.69) is 4.98 Å². The van der Waals surface area contributed by atoms with Gasteiger partial charge in [-0.3, -0.25) is 9.54 Å². The first-order chi connectivity index (χ1) is 11.9. The van der Waals surface area contributed by atoms with Gasteiger partial charge in [0.25, 0.3) is 10.1 Å². The van der Waals surface area contributed by atoms with Crippen LogP contribution in [0.25, 0.3) is 22.4 Å². The van der Waals surface area contributed by atoms with E-state index in [4.69, 9.17) is 4.55 Å². The standard InChI is InChI=1S/C19H18N2O3S/c1-21(2)16-9-5-14(6-10-16)18-4-3-13-20-19(18)15-7-11-17(12-8-15)25(22,23)24/h3-13H,1-2H3,(H,22,23,24). The lowest BCUT2D eigenvalue weighted by Crippen LogP contribution is -2.07. The zero-order valence-electron chi connectivity index (χ0n) is 13.9. The molecule has 2 aromatic carbocycles. The minimum atomic E-state index is -4.20. The van der Waals surface area contributed by atoms with Crippen molar-refractivity contribution in [1.82, 2.24) is 4.98 Å². The summed E-state index contributed by atoms with van der Waals surface area (Å²) in [4.78, 5) is 6.35. The van der Waals surface area contributed by atoms with Crippen molar-refractivity contribution in [2.45, 2.75) is 4.90 Å². The molecular weight excluding hydrogens is 336 g/mol. The highest BCUT2D eigenvalue weighted by molar-refractivity contribution is 7.85. The van der Waals surface area contributed by atoms with Crippen molar-refractivity contribution >= 4 is 15.8 Å². The van der Waals surface area contributed by atoms with Gasteiger partial charge in [0.15, 0.2) is 0 Å². The van der Waals surface area contributed by atoms with Gasteiger partial charge in [-0.1, -0.05) is 30.3 Å².